The van der Waals surface area contributed by atoms with Crippen molar-refractivity contribution >= 4 is 17.4 Å². The lowest BCUT2D eigenvalue weighted by atomic mass is 10.2. The predicted octanol–water partition coefficient (Wildman–Crippen LogP) is 1.64. The van der Waals surface area contributed by atoms with Gasteiger partial charge in [-0.15, -0.1) is 0 Å². The van der Waals surface area contributed by atoms with Crippen molar-refractivity contribution in [2.75, 3.05) is 30.7 Å². The van der Waals surface area contributed by atoms with Crippen molar-refractivity contribution in [2.24, 2.45) is 11.8 Å². The van der Waals surface area contributed by atoms with E-state index in [-0.39, 0.29) is 12.5 Å². The third-order valence-electron chi connectivity index (χ3n) is 3.18. The van der Waals surface area contributed by atoms with Crippen LogP contribution in [0.3, 0.4) is 0 Å². The first-order chi connectivity index (χ1) is 10.0. The van der Waals surface area contributed by atoms with Gasteiger partial charge in [-0.3, -0.25) is 4.79 Å². The van der Waals surface area contributed by atoms with Crippen LogP contribution in [0.5, 0.6) is 5.88 Å². The number of nitrogens with two attached hydrogens (primary N) is 1. The topological polar surface area (TPSA) is 89.3 Å². The fraction of sp³-hybridized carbons (Fsp3) is 0.600. The van der Waals surface area contributed by atoms with Gasteiger partial charge in [-0.25, -0.2) is 0 Å². The SMILES string of the molecule is CC(C)CNC(=O)CNc1ccc(N)c(OCC2CC2)n1. The molecule has 0 bridgehead atoms. The van der Waals surface area contributed by atoms with Crippen molar-refractivity contribution in [3.8, 4) is 5.88 Å². The summed E-state index contributed by atoms with van der Waals surface area (Å²) >= 11 is 0. The molecular weight excluding hydrogens is 268 g/mol. The molecule has 0 unspecified atom stereocenters. The third-order valence-corrected chi connectivity index (χ3v) is 3.18. The summed E-state index contributed by atoms with van der Waals surface area (Å²) in [7, 11) is 0. The van der Waals surface area contributed by atoms with E-state index in [0.717, 1.165) is 0 Å². The number of aromatic nitrogens is 1. The molecule has 1 heterocycles. The minimum absolute atomic E-state index is 0.0530. The summed E-state index contributed by atoms with van der Waals surface area (Å²) in [5.41, 5.74) is 6.36. The summed E-state index contributed by atoms with van der Waals surface area (Å²) < 4.78 is 5.61. The average Bonchev–Trinajstić information content (AvgIpc) is 3.27. The maximum atomic E-state index is 11.6. The molecule has 116 valence electrons. The molecule has 1 fully saturated rings. The number of nitrogen functional groups attached to an aromatic ring is 1. The highest BCUT2D eigenvalue weighted by Gasteiger charge is 2.22. The highest BCUT2D eigenvalue weighted by molar-refractivity contribution is 5.80. The largest absolute Gasteiger partial charge is 0.476 e. The minimum Gasteiger partial charge on any atom is -0.476 e. The van der Waals surface area contributed by atoms with Crippen LogP contribution in [-0.2, 0) is 4.79 Å². The number of carbonyl (C=O) groups is 1. The molecule has 1 aliphatic carbocycles. The van der Waals surface area contributed by atoms with E-state index >= 15 is 0 Å². The molecule has 1 amide bonds. The quantitative estimate of drug-likeness (QED) is 0.677. The molecular formula is C15H24N4O2. The highest BCUT2D eigenvalue weighted by atomic mass is 16.5. The van der Waals surface area contributed by atoms with Crippen molar-refractivity contribution < 1.29 is 9.53 Å². The van der Waals surface area contributed by atoms with Gasteiger partial charge in [0.05, 0.1) is 18.8 Å². The molecule has 0 aromatic carbocycles. The fourth-order valence-corrected chi connectivity index (χ4v) is 1.70. The van der Waals surface area contributed by atoms with E-state index in [0.29, 0.717) is 42.4 Å². The molecule has 1 aromatic heterocycles. The fourth-order valence-electron chi connectivity index (χ4n) is 1.70. The number of amides is 1. The maximum absolute atomic E-state index is 11.6. The Morgan fingerprint density at radius 1 is 1.48 bits per heavy atom. The first-order valence-corrected chi connectivity index (χ1v) is 7.44. The number of nitrogens with zero attached hydrogens (tertiary/aromatic N) is 1. The molecule has 1 aliphatic rings. The smallest absolute Gasteiger partial charge is 0.239 e. The zero-order valence-electron chi connectivity index (χ0n) is 12.7. The Bertz CT molecular complexity index is 487. The van der Waals surface area contributed by atoms with Gasteiger partial charge in [-0.1, -0.05) is 13.8 Å². The van der Waals surface area contributed by atoms with Crippen molar-refractivity contribution in [2.45, 2.75) is 26.7 Å². The summed E-state index contributed by atoms with van der Waals surface area (Å²) in [6.07, 6.45) is 2.43. The van der Waals surface area contributed by atoms with E-state index in [9.17, 15) is 4.79 Å². The van der Waals surface area contributed by atoms with Crippen LogP contribution >= 0.6 is 0 Å². The summed E-state index contributed by atoms with van der Waals surface area (Å²) in [4.78, 5) is 15.9. The molecule has 6 nitrogen and oxygen atoms in total. The van der Waals surface area contributed by atoms with Crippen LogP contribution in [0.25, 0.3) is 0 Å². The molecule has 1 aromatic rings. The first-order valence-electron chi connectivity index (χ1n) is 7.44. The normalized spacial score (nSPS) is 14.0. The molecule has 0 saturated heterocycles. The van der Waals surface area contributed by atoms with Gasteiger partial charge >= 0.3 is 0 Å². The number of rotatable bonds is 8. The van der Waals surface area contributed by atoms with E-state index < -0.39 is 0 Å². The number of pyridine rings is 1. The molecule has 0 aliphatic heterocycles. The lowest BCUT2D eigenvalue weighted by Crippen LogP contribution is -2.32. The van der Waals surface area contributed by atoms with Crippen molar-refractivity contribution in [1.82, 2.24) is 10.3 Å². The Morgan fingerprint density at radius 2 is 2.24 bits per heavy atom. The average molecular weight is 292 g/mol. The standard InChI is InChI=1S/C15H24N4O2/c1-10(2)7-18-14(20)8-17-13-6-5-12(16)15(19-13)21-9-11-3-4-11/h5-6,10-11H,3-4,7-9,16H2,1-2H3,(H,17,19)(H,18,20). The van der Waals surface area contributed by atoms with Gasteiger partial charge in [-0.05, 0) is 36.8 Å². The lowest BCUT2D eigenvalue weighted by Gasteiger charge is -2.11. The number of anilines is 2. The number of hydrogen-bond donors (Lipinski definition) is 3. The second-order valence-electron chi connectivity index (χ2n) is 5.90. The van der Waals surface area contributed by atoms with Crippen LogP contribution < -0.4 is 21.1 Å². The summed E-state index contributed by atoms with van der Waals surface area (Å²) in [5, 5.41) is 5.82. The molecule has 2 rings (SSSR count). The minimum atomic E-state index is -0.0530. The summed E-state index contributed by atoms with van der Waals surface area (Å²) in [5.74, 6) is 2.06. The van der Waals surface area contributed by atoms with Crippen LogP contribution in [0.1, 0.15) is 26.7 Å². The zero-order chi connectivity index (χ0) is 15.2. The van der Waals surface area contributed by atoms with Crippen LogP contribution in [0.2, 0.25) is 0 Å². The first kappa shape index (κ1) is 15.4. The van der Waals surface area contributed by atoms with Gasteiger partial charge in [0.25, 0.3) is 0 Å². The van der Waals surface area contributed by atoms with Gasteiger partial charge in [0.1, 0.15) is 5.82 Å². The number of hydrogen-bond acceptors (Lipinski definition) is 5. The maximum Gasteiger partial charge on any atom is 0.239 e. The lowest BCUT2D eigenvalue weighted by molar-refractivity contribution is -0.119. The molecule has 4 N–H and O–H groups in total. The number of ether oxygens (including phenoxy) is 1. The van der Waals surface area contributed by atoms with E-state index in [1.807, 2.05) is 0 Å². The summed E-state index contributed by atoms with van der Waals surface area (Å²) in [6, 6.07) is 3.48. The Labute approximate surface area is 125 Å². The Kier molecular flexibility index (Phi) is 5.25. The van der Waals surface area contributed by atoms with Gasteiger partial charge in [0.15, 0.2) is 0 Å². The zero-order valence-corrected chi connectivity index (χ0v) is 12.7. The highest BCUT2D eigenvalue weighted by Crippen LogP contribution is 2.30. The second kappa shape index (κ2) is 7.15. The van der Waals surface area contributed by atoms with Crippen LogP contribution in [-0.4, -0.2) is 30.6 Å². The predicted molar refractivity (Wildman–Crippen MR) is 83.2 cm³/mol. The van der Waals surface area contributed by atoms with Gasteiger partial charge in [-0.2, -0.15) is 4.98 Å². The van der Waals surface area contributed by atoms with E-state index in [4.69, 9.17) is 10.5 Å². The Hall–Kier alpha value is -1.98. The van der Waals surface area contributed by atoms with Crippen LogP contribution in [0.15, 0.2) is 12.1 Å². The van der Waals surface area contributed by atoms with Gasteiger partial charge < -0.3 is 21.1 Å². The number of carbonyl (C=O) groups excluding carboxylic acids is 1. The van der Waals surface area contributed by atoms with Crippen molar-refractivity contribution in [3.63, 3.8) is 0 Å². The molecule has 0 spiro atoms. The summed E-state index contributed by atoms with van der Waals surface area (Å²) in [6.45, 7) is 5.63. The second-order valence-corrected chi connectivity index (χ2v) is 5.90. The van der Waals surface area contributed by atoms with Gasteiger partial charge in [0, 0.05) is 6.54 Å². The van der Waals surface area contributed by atoms with Crippen LogP contribution in [0.4, 0.5) is 11.5 Å². The molecule has 6 heteroatoms. The molecule has 1 saturated carbocycles. The van der Waals surface area contributed by atoms with E-state index in [1.165, 1.54) is 12.8 Å². The van der Waals surface area contributed by atoms with E-state index in [2.05, 4.69) is 29.5 Å². The van der Waals surface area contributed by atoms with Crippen LogP contribution in [0, 0.1) is 11.8 Å². The molecule has 0 atom stereocenters. The van der Waals surface area contributed by atoms with E-state index in [1.54, 1.807) is 12.1 Å². The third kappa shape index (κ3) is 5.49. The number of nitrogens with one attached hydrogen (secondary N) is 2. The van der Waals surface area contributed by atoms with Gasteiger partial charge in [0.2, 0.25) is 11.8 Å². The molecule has 0 radical (unpaired) electrons. The Morgan fingerprint density at radius 3 is 2.90 bits per heavy atom. The molecule has 21 heavy (non-hydrogen) atoms. The van der Waals surface area contributed by atoms with Crippen molar-refractivity contribution in [3.05, 3.63) is 12.1 Å². The monoisotopic (exact) mass is 292 g/mol. The van der Waals surface area contributed by atoms with Crippen molar-refractivity contribution in [1.29, 1.82) is 0 Å². The Balaban J connectivity index is 1.81.